The molecule has 0 amide bonds. The number of fused-ring (bicyclic) bond motifs is 1. The highest BCUT2D eigenvalue weighted by molar-refractivity contribution is 5.96. The van der Waals surface area contributed by atoms with Gasteiger partial charge in [-0.05, 0) is 24.8 Å². The minimum atomic E-state index is -0.388. The first-order chi connectivity index (χ1) is 10.8. The van der Waals surface area contributed by atoms with E-state index in [1.165, 1.54) is 6.07 Å². The highest BCUT2D eigenvalue weighted by Gasteiger charge is 2.19. The topological polar surface area (TPSA) is 77.3 Å². The number of nitrogens with one attached hydrogen (secondary N) is 1. The van der Waals surface area contributed by atoms with E-state index in [4.69, 9.17) is 4.74 Å². The monoisotopic (exact) mass is 317 g/mol. The summed E-state index contributed by atoms with van der Waals surface area (Å²) >= 11 is 0. The molecule has 0 fully saturated rings. The van der Waals surface area contributed by atoms with Crippen LogP contribution in [0.3, 0.4) is 0 Å². The van der Waals surface area contributed by atoms with Crippen LogP contribution >= 0.6 is 0 Å². The van der Waals surface area contributed by atoms with Crippen LogP contribution in [0.1, 0.15) is 26.0 Å². The number of aryl methyl sites for hydroxylation is 1. The van der Waals surface area contributed by atoms with E-state index in [0.717, 1.165) is 29.7 Å². The van der Waals surface area contributed by atoms with Gasteiger partial charge in [0.1, 0.15) is 0 Å². The fraction of sp³-hybridized carbons (Fsp3) is 0.471. The molecular weight excluding hydrogens is 294 g/mol. The van der Waals surface area contributed by atoms with Gasteiger partial charge >= 0.3 is 0 Å². The maximum absolute atomic E-state index is 11.2. The van der Waals surface area contributed by atoms with Crippen molar-refractivity contribution >= 4 is 22.3 Å². The van der Waals surface area contributed by atoms with Gasteiger partial charge in [-0.3, -0.25) is 10.1 Å². The number of benzene rings is 1. The third-order valence-corrected chi connectivity index (χ3v) is 3.88. The van der Waals surface area contributed by atoms with Gasteiger partial charge in [-0.2, -0.15) is 0 Å². The van der Waals surface area contributed by atoms with Gasteiger partial charge in [0.05, 0.1) is 4.92 Å². The van der Waals surface area contributed by atoms with Crippen molar-refractivity contribution in [3.63, 3.8) is 0 Å². The first-order valence-corrected chi connectivity index (χ1v) is 7.61. The zero-order valence-corrected chi connectivity index (χ0v) is 14.0. The molecule has 2 rings (SSSR count). The Balaban J connectivity index is 2.34. The third kappa shape index (κ3) is 4.16. The molecule has 1 N–H and O–H groups in total. The van der Waals surface area contributed by atoms with Crippen LogP contribution in [0.25, 0.3) is 10.9 Å². The van der Waals surface area contributed by atoms with Crippen molar-refractivity contribution in [3.8, 4) is 0 Å². The van der Waals surface area contributed by atoms with E-state index < -0.39 is 0 Å². The van der Waals surface area contributed by atoms with Crippen molar-refractivity contribution in [2.45, 2.75) is 27.2 Å². The molecule has 0 unspecified atom stereocenters. The predicted molar refractivity (Wildman–Crippen MR) is 91.9 cm³/mol. The second kappa shape index (κ2) is 6.91. The number of ether oxygens (including phenoxy) is 1. The van der Waals surface area contributed by atoms with Crippen molar-refractivity contribution in [2.24, 2.45) is 5.41 Å². The lowest BCUT2D eigenvalue weighted by Gasteiger charge is -2.25. The van der Waals surface area contributed by atoms with E-state index in [1.807, 2.05) is 19.1 Å². The summed E-state index contributed by atoms with van der Waals surface area (Å²) in [5, 5.41) is 15.4. The van der Waals surface area contributed by atoms with Gasteiger partial charge in [-0.15, -0.1) is 0 Å². The number of rotatable bonds is 7. The number of nitro groups is 1. The molecule has 1 heterocycles. The molecule has 0 bridgehead atoms. The van der Waals surface area contributed by atoms with Crippen molar-refractivity contribution in [1.29, 1.82) is 0 Å². The first-order valence-electron chi connectivity index (χ1n) is 7.61. The fourth-order valence-corrected chi connectivity index (χ4v) is 2.46. The normalized spacial score (nSPS) is 11.7. The predicted octanol–water partition coefficient (Wildman–Crippen LogP) is 3.93. The molecule has 124 valence electrons. The zero-order chi connectivity index (χ0) is 17.0. The molecule has 0 atom stereocenters. The van der Waals surface area contributed by atoms with Crippen LogP contribution in [-0.2, 0) is 4.74 Å². The summed E-state index contributed by atoms with van der Waals surface area (Å²) in [6, 6.07) is 6.97. The summed E-state index contributed by atoms with van der Waals surface area (Å²) in [4.78, 5) is 15.2. The molecule has 1 aromatic carbocycles. The van der Waals surface area contributed by atoms with Crippen molar-refractivity contribution < 1.29 is 9.66 Å². The number of pyridine rings is 1. The summed E-state index contributed by atoms with van der Waals surface area (Å²) < 4.78 is 5.15. The molecule has 2 aromatic rings. The smallest absolute Gasteiger partial charge is 0.295 e. The Morgan fingerprint density at radius 2 is 2.13 bits per heavy atom. The Labute approximate surface area is 136 Å². The number of aromatic nitrogens is 1. The van der Waals surface area contributed by atoms with E-state index in [1.54, 1.807) is 13.2 Å². The Morgan fingerprint density at radius 3 is 2.78 bits per heavy atom. The number of para-hydroxylation sites is 1. The molecule has 23 heavy (non-hydrogen) atoms. The summed E-state index contributed by atoms with van der Waals surface area (Å²) in [5.41, 5.74) is 2.15. The summed E-state index contributed by atoms with van der Waals surface area (Å²) in [6.45, 7) is 7.63. The number of hydrogen-bond donors (Lipinski definition) is 1. The Kier molecular flexibility index (Phi) is 5.15. The molecule has 0 spiro atoms. The lowest BCUT2D eigenvalue weighted by Crippen LogP contribution is -2.24. The number of nitro benzene ring substituents is 1. The molecule has 6 nitrogen and oxygen atoms in total. The number of methoxy groups -OCH3 is 1. The average molecular weight is 317 g/mol. The lowest BCUT2D eigenvalue weighted by molar-refractivity contribution is -0.383. The van der Waals surface area contributed by atoms with Crippen LogP contribution in [0.5, 0.6) is 0 Å². The first kappa shape index (κ1) is 17.1. The Bertz CT molecular complexity index is 714. The third-order valence-electron chi connectivity index (χ3n) is 3.88. The molecule has 0 saturated heterocycles. The van der Waals surface area contributed by atoms with E-state index in [2.05, 4.69) is 24.1 Å². The van der Waals surface area contributed by atoms with Crippen LogP contribution in [0, 0.1) is 22.5 Å². The minimum absolute atomic E-state index is 0.0351. The van der Waals surface area contributed by atoms with Crippen molar-refractivity contribution in [2.75, 3.05) is 25.6 Å². The largest absolute Gasteiger partial charge is 0.385 e. The molecule has 6 heteroatoms. The molecule has 0 aliphatic carbocycles. The van der Waals surface area contributed by atoms with E-state index >= 15 is 0 Å². The SMILES string of the molecule is COCCC(C)(C)CNc1cc(C)nc2c([N+](=O)[O-])cccc12. The fourth-order valence-electron chi connectivity index (χ4n) is 2.46. The van der Waals surface area contributed by atoms with Gasteiger partial charge < -0.3 is 10.1 Å². The highest BCUT2D eigenvalue weighted by Crippen LogP contribution is 2.31. The lowest BCUT2D eigenvalue weighted by atomic mass is 9.89. The summed E-state index contributed by atoms with van der Waals surface area (Å²) in [5.74, 6) is 0. The van der Waals surface area contributed by atoms with Crippen molar-refractivity contribution in [1.82, 2.24) is 4.98 Å². The molecule has 0 radical (unpaired) electrons. The van der Waals surface area contributed by atoms with Gasteiger partial charge in [0.25, 0.3) is 5.69 Å². The molecular formula is C17H23N3O3. The maximum atomic E-state index is 11.2. The number of hydrogen-bond acceptors (Lipinski definition) is 5. The molecule has 1 aromatic heterocycles. The second-order valence-corrected chi connectivity index (χ2v) is 6.50. The van der Waals surface area contributed by atoms with Gasteiger partial charge in [0.2, 0.25) is 0 Å². The number of nitrogens with zero attached hydrogens (tertiary/aromatic N) is 2. The Morgan fingerprint density at radius 1 is 1.39 bits per heavy atom. The van der Waals surface area contributed by atoms with Gasteiger partial charge in [0.15, 0.2) is 5.52 Å². The quantitative estimate of drug-likeness (QED) is 0.618. The average Bonchev–Trinajstić information content (AvgIpc) is 2.50. The van der Waals surface area contributed by atoms with Crippen LogP contribution in [0.15, 0.2) is 24.3 Å². The number of non-ortho nitro benzene ring substituents is 1. The Hall–Kier alpha value is -2.21. The maximum Gasteiger partial charge on any atom is 0.295 e. The molecule has 0 saturated carbocycles. The van der Waals surface area contributed by atoms with E-state index in [-0.39, 0.29) is 16.0 Å². The van der Waals surface area contributed by atoms with Crippen LogP contribution in [-0.4, -0.2) is 30.2 Å². The van der Waals surface area contributed by atoms with Gasteiger partial charge in [0, 0.05) is 43.1 Å². The zero-order valence-electron chi connectivity index (χ0n) is 14.0. The van der Waals surface area contributed by atoms with Crippen LogP contribution in [0.4, 0.5) is 11.4 Å². The second-order valence-electron chi connectivity index (χ2n) is 6.50. The molecule has 0 aliphatic heterocycles. The standard InChI is InChI=1S/C17H23N3O3/c1-12-10-14(18-11-17(2,3)8-9-23-4)13-6-5-7-15(20(21)22)16(13)19-12/h5-7,10H,8-9,11H2,1-4H3,(H,18,19). The minimum Gasteiger partial charge on any atom is -0.385 e. The van der Waals surface area contributed by atoms with Gasteiger partial charge in [-0.1, -0.05) is 26.0 Å². The summed E-state index contributed by atoms with van der Waals surface area (Å²) in [7, 11) is 1.70. The highest BCUT2D eigenvalue weighted by atomic mass is 16.6. The van der Waals surface area contributed by atoms with Gasteiger partial charge in [-0.25, -0.2) is 4.98 Å². The molecule has 0 aliphatic rings. The summed E-state index contributed by atoms with van der Waals surface area (Å²) in [6.07, 6.45) is 0.929. The van der Waals surface area contributed by atoms with Crippen molar-refractivity contribution in [3.05, 3.63) is 40.1 Å². The van der Waals surface area contributed by atoms with E-state index in [9.17, 15) is 10.1 Å². The van der Waals surface area contributed by atoms with Crippen LogP contribution < -0.4 is 5.32 Å². The number of anilines is 1. The van der Waals surface area contributed by atoms with Crippen LogP contribution in [0.2, 0.25) is 0 Å². The van der Waals surface area contributed by atoms with E-state index in [0.29, 0.717) is 12.1 Å².